The summed E-state index contributed by atoms with van der Waals surface area (Å²) < 4.78 is 11.3. The van der Waals surface area contributed by atoms with Crippen LogP contribution in [0.25, 0.3) is 0 Å². The predicted octanol–water partition coefficient (Wildman–Crippen LogP) is 2.72. The Bertz CT molecular complexity index is 194. The molecule has 0 amide bonds. The van der Waals surface area contributed by atoms with Crippen LogP contribution >= 0.6 is 0 Å². The Morgan fingerprint density at radius 1 is 1.50 bits per heavy atom. The van der Waals surface area contributed by atoms with E-state index < -0.39 is 0 Å². The maximum atomic E-state index is 8.68. The van der Waals surface area contributed by atoms with Gasteiger partial charge in [0.2, 0.25) is 0 Å². The van der Waals surface area contributed by atoms with Gasteiger partial charge >= 0.3 is 0 Å². The Hall–Kier alpha value is -0.120. The highest BCUT2D eigenvalue weighted by molar-refractivity contribution is 4.82. The largest absolute Gasteiger partial charge is 0.394 e. The molecule has 3 nitrogen and oxygen atoms in total. The molecule has 0 aromatic rings. The van der Waals surface area contributed by atoms with Gasteiger partial charge in [0.25, 0.3) is 0 Å². The minimum Gasteiger partial charge on any atom is -0.394 e. The standard InChI is InChI=1S/C13H26O3/c1-11(2)5-4-7-13(3)8-6-12(16-13)15-10-9-14/h11-12,14H,4-10H2,1-3H3. The molecule has 2 unspecified atom stereocenters. The van der Waals surface area contributed by atoms with Crippen molar-refractivity contribution in [2.45, 2.75) is 64.8 Å². The first kappa shape index (κ1) is 13.9. The first-order valence-corrected chi connectivity index (χ1v) is 6.46. The Labute approximate surface area is 99.1 Å². The Kier molecular flexibility index (Phi) is 5.73. The molecular weight excluding hydrogens is 204 g/mol. The molecule has 0 spiro atoms. The zero-order valence-electron chi connectivity index (χ0n) is 10.9. The van der Waals surface area contributed by atoms with Gasteiger partial charge in [-0.1, -0.05) is 26.7 Å². The minimum absolute atomic E-state index is 0.00495. The molecule has 0 bridgehead atoms. The molecule has 1 N–H and O–H groups in total. The molecule has 1 saturated heterocycles. The summed E-state index contributed by atoms with van der Waals surface area (Å²) in [6.45, 7) is 7.14. The van der Waals surface area contributed by atoms with Crippen molar-refractivity contribution >= 4 is 0 Å². The van der Waals surface area contributed by atoms with Crippen LogP contribution in [-0.4, -0.2) is 30.2 Å². The van der Waals surface area contributed by atoms with Crippen molar-refractivity contribution in [3.63, 3.8) is 0 Å². The molecule has 1 aliphatic rings. The van der Waals surface area contributed by atoms with Gasteiger partial charge in [0.05, 0.1) is 18.8 Å². The molecule has 2 atom stereocenters. The number of hydrogen-bond donors (Lipinski definition) is 1. The first-order valence-electron chi connectivity index (χ1n) is 6.46. The van der Waals surface area contributed by atoms with Gasteiger partial charge in [-0.15, -0.1) is 0 Å². The molecule has 1 heterocycles. The van der Waals surface area contributed by atoms with E-state index in [1.807, 2.05) is 0 Å². The van der Waals surface area contributed by atoms with Crippen molar-refractivity contribution in [3.8, 4) is 0 Å². The molecule has 3 heteroatoms. The average molecular weight is 230 g/mol. The van der Waals surface area contributed by atoms with E-state index in [0.29, 0.717) is 6.61 Å². The van der Waals surface area contributed by atoms with E-state index in [0.717, 1.165) is 25.2 Å². The van der Waals surface area contributed by atoms with Crippen LogP contribution in [-0.2, 0) is 9.47 Å². The lowest BCUT2D eigenvalue weighted by Crippen LogP contribution is -2.26. The van der Waals surface area contributed by atoms with Crippen LogP contribution in [0, 0.1) is 5.92 Å². The molecule has 16 heavy (non-hydrogen) atoms. The third-order valence-electron chi connectivity index (χ3n) is 3.21. The predicted molar refractivity (Wildman–Crippen MR) is 64.2 cm³/mol. The Morgan fingerprint density at radius 3 is 2.88 bits per heavy atom. The summed E-state index contributed by atoms with van der Waals surface area (Å²) in [6.07, 6.45) is 5.53. The first-order chi connectivity index (χ1) is 7.56. The molecule has 0 radical (unpaired) electrons. The number of aliphatic hydroxyl groups is 1. The normalized spacial score (nSPS) is 30.2. The van der Waals surface area contributed by atoms with Gasteiger partial charge in [-0.25, -0.2) is 0 Å². The van der Waals surface area contributed by atoms with E-state index in [-0.39, 0.29) is 18.5 Å². The molecule has 1 aliphatic heterocycles. The van der Waals surface area contributed by atoms with E-state index in [4.69, 9.17) is 14.6 Å². The summed E-state index contributed by atoms with van der Waals surface area (Å²) in [5, 5.41) is 8.68. The monoisotopic (exact) mass is 230 g/mol. The maximum absolute atomic E-state index is 8.68. The topological polar surface area (TPSA) is 38.7 Å². The maximum Gasteiger partial charge on any atom is 0.158 e. The second-order valence-corrected chi connectivity index (χ2v) is 5.42. The van der Waals surface area contributed by atoms with Gasteiger partial charge in [0.1, 0.15) is 0 Å². The van der Waals surface area contributed by atoms with Crippen LogP contribution in [0.5, 0.6) is 0 Å². The van der Waals surface area contributed by atoms with Gasteiger partial charge in [-0.3, -0.25) is 0 Å². The van der Waals surface area contributed by atoms with Crippen LogP contribution in [0.1, 0.15) is 52.9 Å². The van der Waals surface area contributed by atoms with Gasteiger partial charge in [0.15, 0.2) is 6.29 Å². The van der Waals surface area contributed by atoms with Gasteiger partial charge in [-0.05, 0) is 25.7 Å². The molecule has 96 valence electrons. The molecule has 0 aromatic carbocycles. The molecule has 0 saturated carbocycles. The summed E-state index contributed by atoms with van der Waals surface area (Å²) in [4.78, 5) is 0. The minimum atomic E-state index is -0.101. The lowest BCUT2D eigenvalue weighted by atomic mass is 9.93. The van der Waals surface area contributed by atoms with Crippen LogP contribution in [0.3, 0.4) is 0 Å². The van der Waals surface area contributed by atoms with E-state index in [1.54, 1.807) is 0 Å². The third kappa shape index (κ3) is 4.81. The molecule has 0 aromatic heterocycles. The van der Waals surface area contributed by atoms with Gasteiger partial charge in [0, 0.05) is 6.42 Å². The Balaban J connectivity index is 2.20. The van der Waals surface area contributed by atoms with Crippen molar-refractivity contribution in [1.82, 2.24) is 0 Å². The van der Waals surface area contributed by atoms with E-state index in [9.17, 15) is 0 Å². The highest BCUT2D eigenvalue weighted by Crippen LogP contribution is 2.35. The van der Waals surface area contributed by atoms with Crippen LogP contribution in [0.15, 0.2) is 0 Å². The second-order valence-electron chi connectivity index (χ2n) is 5.42. The van der Waals surface area contributed by atoms with E-state index in [1.165, 1.54) is 12.8 Å². The van der Waals surface area contributed by atoms with Crippen LogP contribution in [0.2, 0.25) is 0 Å². The number of hydrogen-bond acceptors (Lipinski definition) is 3. The van der Waals surface area contributed by atoms with E-state index >= 15 is 0 Å². The summed E-state index contributed by atoms with van der Waals surface area (Å²) in [6, 6.07) is 0. The van der Waals surface area contributed by atoms with Crippen molar-refractivity contribution in [2.75, 3.05) is 13.2 Å². The summed E-state index contributed by atoms with van der Waals surface area (Å²) in [5.74, 6) is 0.770. The average Bonchev–Trinajstić information content (AvgIpc) is 2.57. The lowest BCUT2D eigenvalue weighted by Gasteiger charge is -2.25. The van der Waals surface area contributed by atoms with Gasteiger partial charge in [-0.2, -0.15) is 0 Å². The number of ether oxygens (including phenoxy) is 2. The highest BCUT2D eigenvalue weighted by atomic mass is 16.7. The highest BCUT2D eigenvalue weighted by Gasteiger charge is 2.35. The fourth-order valence-electron chi connectivity index (χ4n) is 2.23. The number of aliphatic hydroxyl groups excluding tert-OH is 1. The van der Waals surface area contributed by atoms with Crippen molar-refractivity contribution in [3.05, 3.63) is 0 Å². The molecule has 1 fully saturated rings. The van der Waals surface area contributed by atoms with Gasteiger partial charge < -0.3 is 14.6 Å². The SMILES string of the molecule is CC(C)CCCC1(C)CCC(OCCO)O1. The summed E-state index contributed by atoms with van der Waals surface area (Å²) >= 11 is 0. The fraction of sp³-hybridized carbons (Fsp3) is 1.00. The fourth-order valence-corrected chi connectivity index (χ4v) is 2.23. The summed E-state index contributed by atoms with van der Waals surface area (Å²) in [7, 11) is 0. The number of rotatable bonds is 7. The lowest BCUT2D eigenvalue weighted by molar-refractivity contribution is -0.169. The van der Waals surface area contributed by atoms with Crippen molar-refractivity contribution in [2.24, 2.45) is 5.92 Å². The summed E-state index contributed by atoms with van der Waals surface area (Å²) in [5.41, 5.74) is -0.00495. The van der Waals surface area contributed by atoms with Crippen molar-refractivity contribution < 1.29 is 14.6 Å². The van der Waals surface area contributed by atoms with Crippen LogP contribution in [0.4, 0.5) is 0 Å². The molecular formula is C13H26O3. The quantitative estimate of drug-likeness (QED) is 0.731. The Morgan fingerprint density at radius 2 is 2.25 bits per heavy atom. The van der Waals surface area contributed by atoms with E-state index in [2.05, 4.69) is 20.8 Å². The third-order valence-corrected chi connectivity index (χ3v) is 3.21. The van der Waals surface area contributed by atoms with Crippen LogP contribution < -0.4 is 0 Å². The molecule has 1 rings (SSSR count). The second kappa shape index (κ2) is 6.58. The zero-order chi connectivity index (χ0) is 12.0. The zero-order valence-corrected chi connectivity index (χ0v) is 10.9. The van der Waals surface area contributed by atoms with Crippen molar-refractivity contribution in [1.29, 1.82) is 0 Å². The smallest absolute Gasteiger partial charge is 0.158 e. The molecule has 0 aliphatic carbocycles.